The van der Waals surface area contributed by atoms with Crippen LogP contribution in [0.25, 0.3) is 0 Å². The largest absolute Gasteiger partial charge is 0.491 e. The molecule has 1 heterocycles. The van der Waals surface area contributed by atoms with E-state index in [1.54, 1.807) is 42.5 Å². The van der Waals surface area contributed by atoms with Crippen molar-refractivity contribution in [1.82, 2.24) is 4.90 Å². The van der Waals surface area contributed by atoms with E-state index in [1.165, 1.54) is 0 Å². The van der Waals surface area contributed by atoms with Gasteiger partial charge < -0.3 is 21.1 Å². The SMILES string of the molecule is N=C(N)c1ccc(C(=O)N2CCC[C@@H]2COc2cccc(C(=N)N)c2)cc1. The number of nitrogen functional groups attached to an aromatic ring is 2. The van der Waals surface area contributed by atoms with Crippen LogP contribution >= 0.6 is 0 Å². The predicted octanol–water partition coefficient (Wildman–Crippen LogP) is 1.94. The van der Waals surface area contributed by atoms with E-state index in [4.69, 9.17) is 27.0 Å². The molecular weight excluding hydrogens is 342 g/mol. The maximum Gasteiger partial charge on any atom is 0.254 e. The molecular formula is C20H23N5O2. The fraction of sp³-hybridized carbons (Fsp3) is 0.250. The zero-order valence-electron chi connectivity index (χ0n) is 14.9. The summed E-state index contributed by atoms with van der Waals surface area (Å²) in [4.78, 5) is 14.7. The van der Waals surface area contributed by atoms with Crippen molar-refractivity contribution in [2.75, 3.05) is 13.2 Å². The van der Waals surface area contributed by atoms with Gasteiger partial charge >= 0.3 is 0 Å². The molecule has 0 radical (unpaired) electrons. The minimum Gasteiger partial charge on any atom is -0.491 e. The Labute approximate surface area is 157 Å². The van der Waals surface area contributed by atoms with Crippen molar-refractivity contribution < 1.29 is 9.53 Å². The monoisotopic (exact) mass is 365 g/mol. The number of nitrogens with zero attached hydrogens (tertiary/aromatic N) is 1. The van der Waals surface area contributed by atoms with Gasteiger partial charge in [-0.25, -0.2) is 0 Å². The highest BCUT2D eigenvalue weighted by Crippen LogP contribution is 2.22. The number of benzene rings is 2. The molecule has 7 nitrogen and oxygen atoms in total. The summed E-state index contributed by atoms with van der Waals surface area (Å²) in [5.74, 6) is 0.558. The van der Waals surface area contributed by atoms with Crippen LogP contribution in [0.3, 0.4) is 0 Å². The lowest BCUT2D eigenvalue weighted by molar-refractivity contribution is 0.0691. The molecule has 0 bridgehead atoms. The van der Waals surface area contributed by atoms with Gasteiger partial charge in [0, 0.05) is 23.2 Å². The van der Waals surface area contributed by atoms with Crippen molar-refractivity contribution in [1.29, 1.82) is 10.8 Å². The second kappa shape index (κ2) is 7.90. The Bertz CT molecular complexity index is 863. The molecule has 0 aromatic heterocycles. The van der Waals surface area contributed by atoms with Gasteiger partial charge in [-0.15, -0.1) is 0 Å². The lowest BCUT2D eigenvalue weighted by Crippen LogP contribution is -2.39. The molecule has 7 heteroatoms. The minimum atomic E-state index is -0.0475. The molecule has 1 atom stereocenters. The summed E-state index contributed by atoms with van der Waals surface area (Å²) in [7, 11) is 0. The van der Waals surface area contributed by atoms with Crippen molar-refractivity contribution in [2.45, 2.75) is 18.9 Å². The van der Waals surface area contributed by atoms with E-state index in [0.717, 1.165) is 12.8 Å². The topological polar surface area (TPSA) is 129 Å². The third-order valence-corrected chi connectivity index (χ3v) is 4.67. The molecule has 1 fully saturated rings. The van der Waals surface area contributed by atoms with Crippen molar-refractivity contribution in [3.63, 3.8) is 0 Å². The van der Waals surface area contributed by atoms with Gasteiger partial charge in [0.2, 0.25) is 0 Å². The van der Waals surface area contributed by atoms with Gasteiger partial charge in [0.25, 0.3) is 5.91 Å². The van der Waals surface area contributed by atoms with Crippen molar-refractivity contribution in [3.8, 4) is 5.75 Å². The van der Waals surface area contributed by atoms with Gasteiger partial charge in [-0.05, 0) is 37.1 Å². The smallest absolute Gasteiger partial charge is 0.254 e. The number of carbonyl (C=O) groups excluding carboxylic acids is 1. The lowest BCUT2D eigenvalue weighted by atomic mass is 10.1. The van der Waals surface area contributed by atoms with E-state index in [2.05, 4.69) is 0 Å². The average Bonchev–Trinajstić information content (AvgIpc) is 3.14. The number of amidine groups is 2. The first-order chi connectivity index (χ1) is 13.0. The molecule has 1 aliphatic heterocycles. The van der Waals surface area contributed by atoms with Crippen molar-refractivity contribution >= 4 is 17.6 Å². The molecule has 1 amide bonds. The number of hydrogen-bond acceptors (Lipinski definition) is 4. The summed E-state index contributed by atoms with van der Waals surface area (Å²) in [6, 6.07) is 13.8. The molecule has 27 heavy (non-hydrogen) atoms. The molecule has 6 N–H and O–H groups in total. The maximum absolute atomic E-state index is 12.8. The van der Waals surface area contributed by atoms with Gasteiger partial charge in [-0.1, -0.05) is 24.3 Å². The Balaban J connectivity index is 1.66. The van der Waals surface area contributed by atoms with Crippen LogP contribution < -0.4 is 16.2 Å². The number of carbonyl (C=O) groups is 1. The van der Waals surface area contributed by atoms with Crippen LogP contribution in [-0.2, 0) is 0 Å². The summed E-state index contributed by atoms with van der Waals surface area (Å²) in [6.45, 7) is 1.08. The summed E-state index contributed by atoms with van der Waals surface area (Å²) in [6.07, 6.45) is 1.81. The molecule has 0 saturated carbocycles. The number of rotatable bonds is 6. The molecule has 0 spiro atoms. The Morgan fingerprint density at radius 3 is 2.37 bits per heavy atom. The molecule has 2 aromatic carbocycles. The summed E-state index contributed by atoms with van der Waals surface area (Å²) >= 11 is 0. The van der Waals surface area contributed by atoms with Crippen LogP contribution in [-0.4, -0.2) is 41.7 Å². The van der Waals surface area contributed by atoms with Crippen LogP contribution in [0.1, 0.15) is 34.3 Å². The van der Waals surface area contributed by atoms with Crippen LogP contribution in [0.15, 0.2) is 48.5 Å². The van der Waals surface area contributed by atoms with Crippen LogP contribution in [0.5, 0.6) is 5.75 Å². The van der Waals surface area contributed by atoms with Gasteiger partial charge in [0.15, 0.2) is 0 Å². The minimum absolute atomic E-state index is 0.00729. The Morgan fingerprint density at radius 2 is 1.70 bits per heavy atom. The maximum atomic E-state index is 12.8. The predicted molar refractivity (Wildman–Crippen MR) is 104 cm³/mol. The van der Waals surface area contributed by atoms with E-state index in [9.17, 15) is 4.79 Å². The second-order valence-electron chi connectivity index (χ2n) is 6.54. The van der Waals surface area contributed by atoms with Gasteiger partial charge in [-0.3, -0.25) is 15.6 Å². The number of ether oxygens (including phenoxy) is 1. The molecule has 2 aromatic rings. The van der Waals surface area contributed by atoms with E-state index < -0.39 is 0 Å². The number of likely N-dealkylation sites (tertiary alicyclic amines) is 1. The molecule has 0 unspecified atom stereocenters. The fourth-order valence-corrected chi connectivity index (χ4v) is 3.18. The first-order valence-electron chi connectivity index (χ1n) is 8.78. The van der Waals surface area contributed by atoms with Crippen LogP contribution in [0, 0.1) is 10.8 Å². The number of nitrogens with one attached hydrogen (secondary N) is 2. The zero-order chi connectivity index (χ0) is 19.4. The van der Waals surface area contributed by atoms with Crippen LogP contribution in [0.4, 0.5) is 0 Å². The average molecular weight is 365 g/mol. The molecule has 140 valence electrons. The zero-order valence-corrected chi connectivity index (χ0v) is 14.9. The van der Waals surface area contributed by atoms with Crippen molar-refractivity contribution in [2.24, 2.45) is 11.5 Å². The quantitative estimate of drug-likeness (QED) is 0.460. The van der Waals surface area contributed by atoms with E-state index in [-0.39, 0.29) is 23.6 Å². The van der Waals surface area contributed by atoms with Crippen molar-refractivity contribution in [3.05, 3.63) is 65.2 Å². The van der Waals surface area contributed by atoms with E-state index >= 15 is 0 Å². The Hall–Kier alpha value is -3.35. The number of hydrogen-bond donors (Lipinski definition) is 4. The standard InChI is InChI=1S/C20H23N5O2/c21-18(22)13-6-8-14(9-7-13)20(26)25-10-2-4-16(25)12-27-17-5-1-3-15(11-17)19(23)24/h1,3,5-9,11,16H,2,4,10,12H2,(H3,21,22)(H3,23,24)/t16-/m1/s1. The number of nitrogens with two attached hydrogens (primary N) is 2. The Morgan fingerprint density at radius 1 is 1.04 bits per heavy atom. The highest BCUT2D eigenvalue weighted by Gasteiger charge is 2.30. The first kappa shape index (κ1) is 18.4. The molecule has 0 aliphatic carbocycles. The third-order valence-electron chi connectivity index (χ3n) is 4.67. The van der Waals surface area contributed by atoms with E-state index in [1.807, 2.05) is 11.0 Å². The highest BCUT2D eigenvalue weighted by atomic mass is 16.5. The summed E-state index contributed by atoms with van der Waals surface area (Å²) < 4.78 is 5.86. The Kier molecular flexibility index (Phi) is 5.40. The van der Waals surface area contributed by atoms with Gasteiger partial charge in [-0.2, -0.15) is 0 Å². The van der Waals surface area contributed by atoms with Gasteiger partial charge in [0.05, 0.1) is 6.04 Å². The molecule has 3 rings (SSSR count). The number of amides is 1. The first-order valence-corrected chi connectivity index (χ1v) is 8.78. The summed E-state index contributed by atoms with van der Waals surface area (Å²) in [5, 5.41) is 14.9. The normalized spacial score (nSPS) is 16.1. The lowest BCUT2D eigenvalue weighted by Gasteiger charge is -2.25. The molecule has 1 saturated heterocycles. The molecule has 1 aliphatic rings. The van der Waals surface area contributed by atoms with Crippen LogP contribution in [0.2, 0.25) is 0 Å². The third kappa shape index (κ3) is 4.25. The summed E-state index contributed by atoms with van der Waals surface area (Å²) in [5.41, 5.74) is 12.7. The second-order valence-corrected chi connectivity index (χ2v) is 6.54. The fourth-order valence-electron chi connectivity index (χ4n) is 3.18. The van der Waals surface area contributed by atoms with E-state index in [0.29, 0.717) is 35.6 Å². The highest BCUT2D eigenvalue weighted by molar-refractivity contribution is 5.98. The van der Waals surface area contributed by atoms with Gasteiger partial charge in [0.1, 0.15) is 24.0 Å².